The van der Waals surface area contributed by atoms with E-state index in [-0.39, 0.29) is 35.0 Å². The first-order chi connectivity index (χ1) is 19.1. The molecule has 0 saturated carbocycles. The average molecular weight is 572 g/mol. The lowest BCUT2D eigenvalue weighted by Crippen LogP contribution is -2.54. The van der Waals surface area contributed by atoms with E-state index in [0.717, 1.165) is 62.3 Å². The van der Waals surface area contributed by atoms with Gasteiger partial charge in [0.25, 0.3) is 0 Å². The maximum atomic E-state index is 14.3. The molecule has 1 aromatic carbocycles. The van der Waals surface area contributed by atoms with Crippen molar-refractivity contribution in [2.75, 3.05) is 27.0 Å². The van der Waals surface area contributed by atoms with Crippen molar-refractivity contribution in [1.82, 2.24) is 4.90 Å². The Balaban J connectivity index is 1.39. The van der Waals surface area contributed by atoms with Gasteiger partial charge in [-0.3, -0.25) is 9.69 Å². The Morgan fingerprint density at radius 1 is 1.10 bits per heavy atom. The molecule has 1 aromatic rings. The number of carbonyl (C=O) groups is 2. The number of hydrogen-bond acceptors (Lipinski definition) is 9. The van der Waals surface area contributed by atoms with Crippen LogP contribution in [-0.4, -0.2) is 71.1 Å². The van der Waals surface area contributed by atoms with Gasteiger partial charge in [-0.15, -0.1) is 0 Å². The summed E-state index contributed by atoms with van der Waals surface area (Å²) in [7, 11) is 1.65. The zero-order valence-corrected chi connectivity index (χ0v) is 25.1. The fourth-order valence-electron chi connectivity index (χ4n) is 7.63. The molecule has 218 valence electrons. The monoisotopic (exact) mass is 571 g/mol. The van der Waals surface area contributed by atoms with Gasteiger partial charge in [0.1, 0.15) is 5.76 Å². The minimum atomic E-state index is -1.33. The summed E-state index contributed by atoms with van der Waals surface area (Å²) in [6.45, 7) is 10.0. The summed E-state index contributed by atoms with van der Waals surface area (Å²) in [5, 5.41) is 0.0724. The summed E-state index contributed by atoms with van der Waals surface area (Å²) >= 11 is 1.25. The van der Waals surface area contributed by atoms with E-state index in [2.05, 4.69) is 23.1 Å². The third-order valence-corrected chi connectivity index (χ3v) is 10.1. The first kappa shape index (κ1) is 27.9. The lowest BCUT2D eigenvalue weighted by Gasteiger charge is -2.44. The van der Waals surface area contributed by atoms with Gasteiger partial charge in [-0.05, 0) is 88.3 Å². The summed E-state index contributed by atoms with van der Waals surface area (Å²) < 4.78 is 30.5. The normalized spacial score (nSPS) is 32.1. The van der Waals surface area contributed by atoms with E-state index < -0.39 is 23.3 Å². The molecule has 0 bridgehead atoms. The molecule has 6 rings (SSSR count). The zero-order valence-electron chi connectivity index (χ0n) is 24.2. The van der Waals surface area contributed by atoms with Crippen LogP contribution in [-0.2, 0) is 30.2 Å². The van der Waals surface area contributed by atoms with Gasteiger partial charge < -0.3 is 23.7 Å². The predicted octanol–water partition coefficient (Wildman–Crippen LogP) is 5.12. The van der Waals surface area contributed by atoms with Crippen molar-refractivity contribution in [3.05, 3.63) is 35.1 Å². The third kappa shape index (κ3) is 4.71. The molecule has 1 unspecified atom stereocenters. The molecule has 0 N–H and O–H groups in total. The number of benzene rings is 1. The van der Waals surface area contributed by atoms with Crippen molar-refractivity contribution in [3.8, 4) is 11.5 Å². The van der Waals surface area contributed by atoms with Crippen LogP contribution in [0.1, 0.15) is 83.3 Å². The number of nitrogens with zero attached hydrogens (tertiary/aromatic N) is 1. The average Bonchev–Trinajstić information content (AvgIpc) is 3.56. The number of methoxy groups -OCH3 is 1. The number of esters is 1. The number of rotatable bonds is 6. The molecule has 0 radical (unpaired) electrons. The molecule has 4 atom stereocenters. The van der Waals surface area contributed by atoms with E-state index in [9.17, 15) is 9.59 Å². The van der Waals surface area contributed by atoms with E-state index in [1.165, 1.54) is 17.3 Å². The summed E-state index contributed by atoms with van der Waals surface area (Å²) in [6.07, 6.45) is 6.49. The maximum Gasteiger partial charge on any atom is 0.339 e. The van der Waals surface area contributed by atoms with E-state index in [4.69, 9.17) is 23.7 Å². The molecule has 5 aliphatic rings. The van der Waals surface area contributed by atoms with Crippen LogP contribution in [0.2, 0.25) is 0 Å². The second-order valence-electron chi connectivity index (χ2n) is 12.7. The van der Waals surface area contributed by atoms with Gasteiger partial charge in [0.2, 0.25) is 6.79 Å². The lowest BCUT2D eigenvalue weighted by atomic mass is 9.77. The zero-order chi connectivity index (χ0) is 28.3. The first-order valence-corrected chi connectivity index (χ1v) is 15.5. The number of ether oxygens (including phenoxy) is 5. The molecule has 4 aliphatic heterocycles. The van der Waals surface area contributed by atoms with Gasteiger partial charge in [0, 0.05) is 11.8 Å². The van der Waals surface area contributed by atoms with Gasteiger partial charge >= 0.3 is 5.97 Å². The van der Waals surface area contributed by atoms with Crippen LogP contribution in [0, 0.1) is 0 Å². The fourth-order valence-corrected chi connectivity index (χ4v) is 8.47. The van der Waals surface area contributed by atoms with Gasteiger partial charge in [-0.25, -0.2) is 4.79 Å². The Hall–Kier alpha value is -2.23. The molecule has 2 saturated heterocycles. The molecule has 9 heteroatoms. The topological polar surface area (TPSA) is 83.5 Å². The molecule has 8 nitrogen and oxygen atoms in total. The Bertz CT molecular complexity index is 1230. The van der Waals surface area contributed by atoms with Crippen LogP contribution in [0.3, 0.4) is 0 Å². The largest absolute Gasteiger partial charge is 0.497 e. The van der Waals surface area contributed by atoms with E-state index in [1.807, 2.05) is 27.7 Å². The van der Waals surface area contributed by atoms with Crippen molar-refractivity contribution in [2.45, 2.75) is 107 Å². The highest BCUT2D eigenvalue weighted by Gasteiger charge is 2.59. The van der Waals surface area contributed by atoms with Crippen LogP contribution >= 0.6 is 11.8 Å². The molecule has 0 amide bonds. The summed E-state index contributed by atoms with van der Waals surface area (Å²) in [5.41, 5.74) is 0.112. The lowest BCUT2D eigenvalue weighted by molar-refractivity contribution is -0.213. The highest BCUT2D eigenvalue weighted by atomic mass is 32.2. The van der Waals surface area contributed by atoms with Gasteiger partial charge in [0.15, 0.2) is 28.3 Å². The Morgan fingerprint density at radius 2 is 1.88 bits per heavy atom. The quantitative estimate of drug-likeness (QED) is 0.432. The van der Waals surface area contributed by atoms with Crippen molar-refractivity contribution >= 4 is 22.8 Å². The van der Waals surface area contributed by atoms with E-state index in [1.54, 1.807) is 7.11 Å². The van der Waals surface area contributed by atoms with Crippen molar-refractivity contribution < 1.29 is 33.3 Å². The smallest absolute Gasteiger partial charge is 0.339 e. The van der Waals surface area contributed by atoms with Crippen LogP contribution in [0.25, 0.3) is 0 Å². The van der Waals surface area contributed by atoms with Crippen molar-refractivity contribution in [3.63, 3.8) is 0 Å². The summed E-state index contributed by atoms with van der Waals surface area (Å²) in [4.78, 5) is 30.0. The van der Waals surface area contributed by atoms with Crippen LogP contribution in [0.5, 0.6) is 11.5 Å². The molecular weight excluding hydrogens is 530 g/mol. The predicted molar refractivity (Wildman–Crippen MR) is 152 cm³/mol. The van der Waals surface area contributed by atoms with Gasteiger partial charge in [-0.1, -0.05) is 25.6 Å². The van der Waals surface area contributed by atoms with Gasteiger partial charge in [0.05, 0.1) is 30.6 Å². The Labute approximate surface area is 241 Å². The minimum Gasteiger partial charge on any atom is -0.497 e. The fraction of sp³-hybridized carbons (Fsp3) is 0.677. The standard InChI is InChI=1S/C31H41NO7S/c1-19(2)40-25(33)17-31(11-6-9-29(3,4)39-31)28(34)38-27-24(35-5)16-30-10-7-12-32(30)13-8-20-14-22-23(37-18-36-22)15-21(20)26(27)30/h14-16,19,26-27H,6-13,17-18H2,1-5H3/t26-,27?,30+,31+/m1/s1. The molecule has 0 aromatic heterocycles. The van der Waals surface area contributed by atoms with Crippen LogP contribution < -0.4 is 9.47 Å². The molecule has 1 spiro atoms. The maximum absolute atomic E-state index is 14.3. The SMILES string of the molecule is COC1=C[C@]23CCCN2CCc2cc4c(cc2[C@@H]3C1OC(=O)[C@@]1(CC(=O)SC(C)C)CCCC(C)(C)O1)OCO4. The van der Waals surface area contributed by atoms with Crippen molar-refractivity contribution in [1.29, 1.82) is 0 Å². The Morgan fingerprint density at radius 3 is 2.60 bits per heavy atom. The molecular formula is C31H41NO7S. The molecule has 2 fully saturated rings. The Kier molecular flexibility index (Phi) is 7.15. The second kappa shape index (κ2) is 10.2. The number of thioether (sulfide) groups is 1. The van der Waals surface area contributed by atoms with Gasteiger partial charge in [-0.2, -0.15) is 0 Å². The molecule has 1 aliphatic carbocycles. The molecule has 40 heavy (non-hydrogen) atoms. The van der Waals surface area contributed by atoms with Crippen LogP contribution in [0.15, 0.2) is 24.0 Å². The number of fused-ring (bicyclic) bond motifs is 3. The summed E-state index contributed by atoms with van der Waals surface area (Å²) in [5.74, 6) is 1.50. The second-order valence-corrected chi connectivity index (χ2v) is 14.3. The third-order valence-electron chi connectivity index (χ3n) is 9.20. The first-order valence-electron chi connectivity index (χ1n) is 14.6. The highest BCUT2D eigenvalue weighted by Crippen LogP contribution is 2.56. The van der Waals surface area contributed by atoms with Crippen LogP contribution in [0.4, 0.5) is 0 Å². The number of carbonyl (C=O) groups excluding carboxylic acids is 2. The molecule has 4 heterocycles. The highest BCUT2D eigenvalue weighted by molar-refractivity contribution is 8.14. The summed E-state index contributed by atoms with van der Waals surface area (Å²) in [6, 6.07) is 4.17. The van der Waals surface area contributed by atoms with E-state index >= 15 is 0 Å². The minimum absolute atomic E-state index is 0.00588. The number of hydrogen-bond donors (Lipinski definition) is 0. The van der Waals surface area contributed by atoms with E-state index in [0.29, 0.717) is 12.2 Å². The van der Waals surface area contributed by atoms with Crippen molar-refractivity contribution in [2.24, 2.45) is 0 Å².